The Labute approximate surface area is 181 Å². The standard InChI is InChI=1S/C19H19ClIN5O2/c1-28-17-10-13(2-3-15(17)20)24-6-8-25(9-7-24)18(12-27)26-11-14-16(23-26)4-5-22-19(14)21/h2-5,10-12,18H,6-9H2,1H3. The maximum absolute atomic E-state index is 11.9. The third-order valence-corrected chi connectivity index (χ3v) is 6.16. The van der Waals surface area contributed by atoms with E-state index in [-0.39, 0.29) is 0 Å². The predicted molar refractivity (Wildman–Crippen MR) is 117 cm³/mol. The Hall–Kier alpha value is -1.91. The molecule has 4 rings (SSSR count). The van der Waals surface area contributed by atoms with E-state index in [1.165, 1.54) is 0 Å². The number of ether oxygens (including phenoxy) is 1. The van der Waals surface area contributed by atoms with Gasteiger partial charge in [0.05, 0.1) is 23.0 Å². The molecule has 0 amide bonds. The second-order valence-electron chi connectivity index (χ2n) is 6.54. The number of aldehydes is 1. The topological polar surface area (TPSA) is 63.5 Å². The van der Waals surface area contributed by atoms with E-state index in [9.17, 15) is 4.79 Å². The lowest BCUT2D eigenvalue weighted by molar-refractivity contribution is -0.115. The number of nitrogens with zero attached hydrogens (tertiary/aromatic N) is 5. The summed E-state index contributed by atoms with van der Waals surface area (Å²) in [5.41, 5.74) is 1.91. The summed E-state index contributed by atoms with van der Waals surface area (Å²) in [7, 11) is 1.61. The first kappa shape index (κ1) is 19.4. The highest BCUT2D eigenvalue weighted by Crippen LogP contribution is 2.30. The van der Waals surface area contributed by atoms with E-state index in [1.807, 2.05) is 30.5 Å². The van der Waals surface area contributed by atoms with Crippen LogP contribution in [0, 0.1) is 3.70 Å². The van der Waals surface area contributed by atoms with E-state index in [4.69, 9.17) is 16.3 Å². The number of carbonyl (C=O) groups is 1. The molecule has 0 radical (unpaired) electrons. The largest absolute Gasteiger partial charge is 0.495 e. The van der Waals surface area contributed by atoms with Crippen LogP contribution in [-0.4, -0.2) is 59.2 Å². The number of methoxy groups -OCH3 is 1. The SMILES string of the molecule is COc1cc(N2CCN(C(C=O)n3cc4c(I)nccc4n3)CC2)ccc1Cl. The number of hydrogen-bond acceptors (Lipinski definition) is 6. The quantitative estimate of drug-likeness (QED) is 0.298. The lowest BCUT2D eigenvalue weighted by Gasteiger charge is -2.38. The Morgan fingerprint density at radius 3 is 2.71 bits per heavy atom. The first-order chi connectivity index (χ1) is 13.6. The highest BCUT2D eigenvalue weighted by atomic mass is 127. The number of hydrogen-bond donors (Lipinski definition) is 0. The maximum atomic E-state index is 11.9. The summed E-state index contributed by atoms with van der Waals surface area (Å²) in [4.78, 5) is 20.6. The molecule has 1 fully saturated rings. The molecule has 2 aromatic heterocycles. The molecule has 0 aliphatic carbocycles. The minimum atomic E-state index is -0.426. The van der Waals surface area contributed by atoms with Crippen LogP contribution in [-0.2, 0) is 4.79 Å². The molecule has 0 saturated carbocycles. The van der Waals surface area contributed by atoms with E-state index < -0.39 is 6.17 Å². The van der Waals surface area contributed by atoms with Gasteiger partial charge in [-0.15, -0.1) is 0 Å². The second kappa shape index (κ2) is 8.22. The third-order valence-electron chi connectivity index (χ3n) is 4.98. The fourth-order valence-electron chi connectivity index (χ4n) is 3.47. The third kappa shape index (κ3) is 3.68. The van der Waals surface area contributed by atoms with Gasteiger partial charge in [-0.3, -0.25) is 9.69 Å². The van der Waals surface area contributed by atoms with Crippen molar-refractivity contribution >= 4 is 57.1 Å². The van der Waals surface area contributed by atoms with Crippen LogP contribution in [0.1, 0.15) is 6.17 Å². The monoisotopic (exact) mass is 511 g/mol. The van der Waals surface area contributed by atoms with Crippen molar-refractivity contribution in [3.05, 3.63) is 45.4 Å². The van der Waals surface area contributed by atoms with E-state index in [2.05, 4.69) is 42.5 Å². The summed E-state index contributed by atoms with van der Waals surface area (Å²) < 4.78 is 7.94. The highest BCUT2D eigenvalue weighted by molar-refractivity contribution is 14.1. The van der Waals surface area contributed by atoms with Gasteiger partial charge in [-0.1, -0.05) is 11.6 Å². The molecule has 3 heterocycles. The summed E-state index contributed by atoms with van der Waals surface area (Å²) in [6.07, 6.45) is 4.16. The normalized spacial score (nSPS) is 16.3. The van der Waals surface area contributed by atoms with E-state index in [1.54, 1.807) is 18.0 Å². The number of piperazine rings is 1. The van der Waals surface area contributed by atoms with Crippen molar-refractivity contribution in [3.63, 3.8) is 0 Å². The zero-order valence-electron chi connectivity index (χ0n) is 15.3. The number of halogens is 2. The maximum Gasteiger partial charge on any atom is 0.160 e. The molecule has 0 bridgehead atoms. The molecule has 1 unspecified atom stereocenters. The molecule has 3 aromatic rings. The van der Waals surface area contributed by atoms with Crippen LogP contribution in [0.3, 0.4) is 0 Å². The van der Waals surface area contributed by atoms with Gasteiger partial charge in [-0.2, -0.15) is 5.10 Å². The molecule has 1 saturated heterocycles. The van der Waals surface area contributed by atoms with Crippen LogP contribution in [0.15, 0.2) is 36.7 Å². The van der Waals surface area contributed by atoms with E-state index in [0.29, 0.717) is 10.8 Å². The van der Waals surface area contributed by atoms with Crippen molar-refractivity contribution in [3.8, 4) is 5.75 Å². The Morgan fingerprint density at radius 2 is 2.04 bits per heavy atom. The summed E-state index contributed by atoms with van der Waals surface area (Å²) in [6, 6.07) is 7.65. The van der Waals surface area contributed by atoms with E-state index in [0.717, 1.165) is 52.8 Å². The Balaban J connectivity index is 1.50. The zero-order valence-corrected chi connectivity index (χ0v) is 18.2. The molecule has 1 aliphatic heterocycles. The smallest absolute Gasteiger partial charge is 0.160 e. The Kier molecular flexibility index (Phi) is 5.70. The minimum Gasteiger partial charge on any atom is -0.495 e. The molecule has 0 spiro atoms. The van der Waals surface area contributed by atoms with Crippen LogP contribution in [0.5, 0.6) is 5.75 Å². The lowest BCUT2D eigenvalue weighted by atomic mass is 10.2. The zero-order chi connectivity index (χ0) is 19.7. The number of aromatic nitrogens is 3. The second-order valence-corrected chi connectivity index (χ2v) is 7.96. The summed E-state index contributed by atoms with van der Waals surface area (Å²) >= 11 is 8.31. The van der Waals surface area contributed by atoms with Crippen molar-refractivity contribution in [1.29, 1.82) is 0 Å². The number of carbonyl (C=O) groups excluding carboxylic acids is 1. The van der Waals surface area contributed by atoms with Gasteiger partial charge in [0.15, 0.2) is 12.5 Å². The van der Waals surface area contributed by atoms with Crippen LogP contribution in [0.25, 0.3) is 10.9 Å². The molecule has 9 heteroatoms. The van der Waals surface area contributed by atoms with Gasteiger partial charge in [-0.05, 0) is 40.8 Å². The molecular weight excluding hydrogens is 493 g/mol. The molecule has 146 valence electrons. The summed E-state index contributed by atoms with van der Waals surface area (Å²) in [5, 5.41) is 6.14. The minimum absolute atomic E-state index is 0.426. The number of pyridine rings is 1. The molecular formula is C19H19ClIN5O2. The van der Waals surface area contributed by atoms with Crippen molar-refractivity contribution in [2.45, 2.75) is 6.17 Å². The van der Waals surface area contributed by atoms with Gasteiger partial charge in [0.2, 0.25) is 0 Å². The van der Waals surface area contributed by atoms with E-state index >= 15 is 0 Å². The highest BCUT2D eigenvalue weighted by Gasteiger charge is 2.26. The fourth-order valence-corrected chi connectivity index (χ4v) is 4.24. The molecule has 1 aliphatic rings. The van der Waals surface area contributed by atoms with Crippen LogP contribution >= 0.6 is 34.2 Å². The van der Waals surface area contributed by atoms with Gasteiger partial charge in [0.25, 0.3) is 0 Å². The van der Waals surface area contributed by atoms with Crippen molar-refractivity contribution in [1.82, 2.24) is 19.7 Å². The van der Waals surface area contributed by atoms with Gasteiger partial charge in [-0.25, -0.2) is 9.67 Å². The van der Waals surface area contributed by atoms with Crippen LogP contribution in [0.2, 0.25) is 5.02 Å². The first-order valence-corrected chi connectivity index (χ1v) is 10.3. The Morgan fingerprint density at radius 1 is 1.25 bits per heavy atom. The summed E-state index contributed by atoms with van der Waals surface area (Å²) in [5.74, 6) is 0.666. The Bertz CT molecular complexity index is 1000. The molecule has 1 aromatic carbocycles. The fraction of sp³-hybridized carbons (Fsp3) is 0.316. The van der Waals surface area contributed by atoms with Crippen LogP contribution < -0.4 is 9.64 Å². The number of anilines is 1. The molecule has 1 atom stereocenters. The molecule has 7 nitrogen and oxygen atoms in total. The summed E-state index contributed by atoms with van der Waals surface area (Å²) in [6.45, 7) is 3.10. The van der Waals surface area contributed by atoms with Crippen molar-refractivity contribution in [2.75, 3.05) is 38.2 Å². The van der Waals surface area contributed by atoms with Crippen molar-refractivity contribution < 1.29 is 9.53 Å². The number of benzene rings is 1. The number of rotatable bonds is 5. The van der Waals surface area contributed by atoms with Gasteiger partial charge in [0, 0.05) is 50.3 Å². The predicted octanol–water partition coefficient (Wildman–Crippen LogP) is 3.22. The van der Waals surface area contributed by atoms with Gasteiger partial charge < -0.3 is 9.64 Å². The lowest BCUT2D eigenvalue weighted by Crippen LogP contribution is -2.49. The number of fused-ring (bicyclic) bond motifs is 1. The van der Waals surface area contributed by atoms with Gasteiger partial charge in [0.1, 0.15) is 9.45 Å². The molecule has 0 N–H and O–H groups in total. The first-order valence-electron chi connectivity index (χ1n) is 8.88. The average Bonchev–Trinajstić information content (AvgIpc) is 3.15. The average molecular weight is 512 g/mol. The van der Waals surface area contributed by atoms with Crippen molar-refractivity contribution in [2.24, 2.45) is 0 Å². The molecule has 28 heavy (non-hydrogen) atoms. The van der Waals surface area contributed by atoms with Crippen LogP contribution in [0.4, 0.5) is 5.69 Å². The van der Waals surface area contributed by atoms with Gasteiger partial charge >= 0.3 is 0 Å².